The van der Waals surface area contributed by atoms with Crippen LogP contribution in [0.3, 0.4) is 0 Å². The average Bonchev–Trinajstić information content (AvgIpc) is 2.51. The number of hydrogen-bond donors (Lipinski definition) is 1. The molecule has 2 aliphatic heterocycles. The molecular weight excluding hydrogens is 300 g/mol. The van der Waals surface area contributed by atoms with E-state index >= 15 is 0 Å². The predicted molar refractivity (Wildman–Crippen MR) is 87.1 cm³/mol. The van der Waals surface area contributed by atoms with Crippen molar-refractivity contribution >= 4 is 17.5 Å². The van der Waals surface area contributed by atoms with Crippen LogP contribution in [-0.4, -0.2) is 48.7 Å². The van der Waals surface area contributed by atoms with Crippen LogP contribution in [0, 0.1) is 0 Å². The maximum Gasteiger partial charge on any atom is 0.221 e. The van der Waals surface area contributed by atoms with E-state index in [0.29, 0.717) is 18.5 Å². The second-order valence-corrected chi connectivity index (χ2v) is 6.76. The summed E-state index contributed by atoms with van der Waals surface area (Å²) in [4.78, 5) is 14.2. The van der Waals surface area contributed by atoms with Crippen LogP contribution < -0.4 is 5.32 Å². The number of ether oxygens (including phenoxy) is 1. The maximum absolute atomic E-state index is 11.7. The molecule has 0 saturated carbocycles. The molecule has 0 aromatic heterocycles. The molecule has 1 unspecified atom stereocenters. The minimum atomic E-state index is 0.167. The number of nitrogens with zero attached hydrogens (tertiary/aromatic N) is 1. The van der Waals surface area contributed by atoms with E-state index in [2.05, 4.69) is 29.3 Å². The Kier molecular flexibility index (Phi) is 5.01. The molecule has 2 saturated heterocycles. The average molecular weight is 323 g/mol. The number of rotatable bonds is 3. The van der Waals surface area contributed by atoms with Gasteiger partial charge in [0.25, 0.3) is 0 Å². The van der Waals surface area contributed by atoms with Crippen molar-refractivity contribution in [2.45, 2.75) is 44.4 Å². The molecule has 1 N–H and O–H groups in total. The summed E-state index contributed by atoms with van der Waals surface area (Å²) in [5.74, 6) is 0.167. The predicted octanol–water partition coefficient (Wildman–Crippen LogP) is 2.25. The van der Waals surface area contributed by atoms with Crippen molar-refractivity contribution in [3.05, 3.63) is 34.9 Å². The number of carbonyl (C=O) groups excluding carboxylic acids is 1. The summed E-state index contributed by atoms with van der Waals surface area (Å²) >= 11 is 5.96. The van der Waals surface area contributed by atoms with Crippen LogP contribution in [-0.2, 0) is 16.0 Å². The van der Waals surface area contributed by atoms with Crippen molar-refractivity contribution in [1.29, 1.82) is 0 Å². The summed E-state index contributed by atoms with van der Waals surface area (Å²) in [5, 5.41) is 3.68. The van der Waals surface area contributed by atoms with Crippen molar-refractivity contribution in [3.8, 4) is 0 Å². The Morgan fingerprint density at radius 1 is 1.36 bits per heavy atom. The number of hydrogen-bond acceptors (Lipinski definition) is 3. The Labute approximate surface area is 136 Å². The SMILES string of the molecule is C[C@H]1CN(C2CCNC(=O)C2)[C@@H](Cc2ccc(Cl)cc2)CO1. The number of amides is 1. The number of benzene rings is 1. The Hall–Kier alpha value is -1.10. The van der Waals surface area contributed by atoms with E-state index in [1.165, 1.54) is 5.56 Å². The highest BCUT2D eigenvalue weighted by atomic mass is 35.5. The van der Waals surface area contributed by atoms with Gasteiger partial charge in [-0.2, -0.15) is 0 Å². The van der Waals surface area contributed by atoms with Gasteiger partial charge in [0, 0.05) is 36.6 Å². The molecule has 0 bridgehead atoms. The largest absolute Gasteiger partial charge is 0.376 e. The lowest BCUT2D eigenvalue weighted by Gasteiger charge is -2.44. The summed E-state index contributed by atoms with van der Waals surface area (Å²) in [6, 6.07) is 8.67. The Bertz CT molecular complexity index is 520. The van der Waals surface area contributed by atoms with Gasteiger partial charge >= 0.3 is 0 Å². The second kappa shape index (κ2) is 6.99. The first-order valence-corrected chi connectivity index (χ1v) is 8.38. The Morgan fingerprint density at radius 3 is 2.86 bits per heavy atom. The molecule has 2 heterocycles. The molecule has 1 aromatic carbocycles. The molecule has 0 spiro atoms. The van der Waals surface area contributed by atoms with Gasteiger partial charge in [-0.15, -0.1) is 0 Å². The molecule has 2 fully saturated rings. The smallest absolute Gasteiger partial charge is 0.221 e. The van der Waals surface area contributed by atoms with E-state index in [-0.39, 0.29) is 12.0 Å². The summed E-state index contributed by atoms with van der Waals surface area (Å²) in [6.07, 6.45) is 2.79. The zero-order chi connectivity index (χ0) is 15.5. The normalized spacial score (nSPS) is 30.1. The minimum Gasteiger partial charge on any atom is -0.376 e. The fourth-order valence-electron chi connectivity index (χ4n) is 3.44. The molecule has 3 rings (SSSR count). The van der Waals surface area contributed by atoms with Gasteiger partial charge in [0.05, 0.1) is 12.7 Å². The van der Waals surface area contributed by atoms with Gasteiger partial charge in [-0.3, -0.25) is 9.69 Å². The Balaban J connectivity index is 1.71. The van der Waals surface area contributed by atoms with Crippen molar-refractivity contribution in [3.63, 3.8) is 0 Å². The van der Waals surface area contributed by atoms with Crippen LogP contribution in [0.5, 0.6) is 0 Å². The van der Waals surface area contributed by atoms with Gasteiger partial charge in [0.2, 0.25) is 5.91 Å². The number of morpholine rings is 1. The molecule has 5 heteroatoms. The third kappa shape index (κ3) is 3.80. The Morgan fingerprint density at radius 2 is 2.14 bits per heavy atom. The molecule has 2 aliphatic rings. The molecule has 120 valence electrons. The van der Waals surface area contributed by atoms with Crippen LogP contribution >= 0.6 is 11.6 Å². The van der Waals surface area contributed by atoms with E-state index in [9.17, 15) is 4.79 Å². The molecule has 1 aromatic rings. The van der Waals surface area contributed by atoms with Crippen LogP contribution in [0.1, 0.15) is 25.3 Å². The number of nitrogens with one attached hydrogen (secondary N) is 1. The number of carbonyl (C=O) groups is 1. The van der Waals surface area contributed by atoms with E-state index in [0.717, 1.165) is 37.6 Å². The molecule has 0 aliphatic carbocycles. The highest BCUT2D eigenvalue weighted by Gasteiger charge is 2.34. The van der Waals surface area contributed by atoms with Crippen molar-refractivity contribution in [1.82, 2.24) is 10.2 Å². The van der Waals surface area contributed by atoms with E-state index < -0.39 is 0 Å². The molecule has 3 atom stereocenters. The van der Waals surface area contributed by atoms with Crippen LogP contribution in [0.2, 0.25) is 5.02 Å². The monoisotopic (exact) mass is 322 g/mol. The van der Waals surface area contributed by atoms with Gasteiger partial charge in [-0.05, 0) is 37.5 Å². The van der Waals surface area contributed by atoms with Crippen LogP contribution in [0.15, 0.2) is 24.3 Å². The topological polar surface area (TPSA) is 41.6 Å². The molecule has 0 radical (unpaired) electrons. The second-order valence-electron chi connectivity index (χ2n) is 6.32. The van der Waals surface area contributed by atoms with Gasteiger partial charge in [-0.1, -0.05) is 23.7 Å². The standard InChI is InChI=1S/C17H23ClN2O2/c1-12-10-20(15-6-7-19-17(21)9-15)16(11-22-12)8-13-2-4-14(18)5-3-13/h2-5,12,15-16H,6-11H2,1H3,(H,19,21)/t12-,15?,16-/m0/s1. The lowest BCUT2D eigenvalue weighted by atomic mass is 9.97. The zero-order valence-corrected chi connectivity index (χ0v) is 13.7. The highest BCUT2D eigenvalue weighted by molar-refractivity contribution is 6.30. The summed E-state index contributed by atoms with van der Waals surface area (Å²) in [7, 11) is 0. The zero-order valence-electron chi connectivity index (χ0n) is 12.9. The fraction of sp³-hybridized carbons (Fsp3) is 0.588. The lowest BCUT2D eigenvalue weighted by Crippen LogP contribution is -2.57. The van der Waals surface area contributed by atoms with Crippen molar-refractivity contribution in [2.24, 2.45) is 0 Å². The lowest BCUT2D eigenvalue weighted by molar-refractivity contribution is -0.127. The number of halogens is 1. The van der Waals surface area contributed by atoms with Crippen molar-refractivity contribution in [2.75, 3.05) is 19.7 Å². The van der Waals surface area contributed by atoms with Gasteiger partial charge < -0.3 is 10.1 Å². The summed E-state index contributed by atoms with van der Waals surface area (Å²) in [6.45, 7) is 4.51. The van der Waals surface area contributed by atoms with E-state index in [1.54, 1.807) is 0 Å². The fourth-order valence-corrected chi connectivity index (χ4v) is 3.56. The molecular formula is C17H23ClN2O2. The quantitative estimate of drug-likeness (QED) is 0.928. The van der Waals surface area contributed by atoms with Crippen LogP contribution in [0.4, 0.5) is 0 Å². The van der Waals surface area contributed by atoms with Gasteiger partial charge in [0.1, 0.15) is 0 Å². The first-order chi connectivity index (χ1) is 10.6. The minimum absolute atomic E-state index is 0.167. The van der Waals surface area contributed by atoms with Crippen molar-refractivity contribution < 1.29 is 9.53 Å². The van der Waals surface area contributed by atoms with Crippen LogP contribution in [0.25, 0.3) is 0 Å². The van der Waals surface area contributed by atoms with Gasteiger partial charge in [0.15, 0.2) is 0 Å². The molecule has 4 nitrogen and oxygen atoms in total. The van der Waals surface area contributed by atoms with Gasteiger partial charge in [-0.25, -0.2) is 0 Å². The molecule has 22 heavy (non-hydrogen) atoms. The van der Waals surface area contributed by atoms with E-state index in [4.69, 9.17) is 16.3 Å². The molecule has 1 amide bonds. The summed E-state index contributed by atoms with van der Waals surface area (Å²) in [5.41, 5.74) is 1.26. The number of piperidine rings is 1. The summed E-state index contributed by atoms with van der Waals surface area (Å²) < 4.78 is 5.87. The first-order valence-electron chi connectivity index (χ1n) is 8.00. The third-order valence-corrected chi connectivity index (χ3v) is 4.84. The van der Waals surface area contributed by atoms with E-state index in [1.807, 2.05) is 12.1 Å². The first kappa shape index (κ1) is 15.8. The third-order valence-electron chi connectivity index (χ3n) is 4.58. The maximum atomic E-state index is 11.7. The highest BCUT2D eigenvalue weighted by Crippen LogP contribution is 2.24.